The van der Waals surface area contributed by atoms with Gasteiger partial charge in [-0.1, -0.05) is 20.8 Å². The lowest BCUT2D eigenvalue weighted by Crippen LogP contribution is -2.42. The fraction of sp³-hybridized carbons (Fsp3) is 0.733. The monoisotopic (exact) mass is 312 g/mol. The smallest absolute Gasteiger partial charge is 0.308 e. The Morgan fingerprint density at radius 2 is 2.33 bits per heavy atom. The number of hydrogen-bond acceptors (Lipinski definition) is 6. The van der Waals surface area contributed by atoms with Gasteiger partial charge in [-0.05, 0) is 0 Å². The second-order valence-corrected chi connectivity index (χ2v) is 7.33. The molecule has 0 radical (unpaired) electrons. The predicted octanol–water partition coefficient (Wildman–Crippen LogP) is 2.20. The third-order valence-electron chi connectivity index (χ3n) is 3.52. The topological polar surface area (TPSA) is 51.7 Å². The number of carbonyl (C=O) groups is 1. The number of carbonyl (C=O) groups excluding carboxylic acids is 1. The molecule has 1 atom stereocenters. The molecule has 6 heteroatoms. The standard InChI is InChI=1S/C15H24N2O3S/c1-15(2,3)12-10-21-13(16-12)9-17-5-6-20-11(8-17)7-14(18)19-4/h10-11H,5-9H2,1-4H3. The van der Waals surface area contributed by atoms with Crippen molar-refractivity contribution in [3.8, 4) is 0 Å². The third-order valence-corrected chi connectivity index (χ3v) is 4.36. The minimum atomic E-state index is -0.217. The summed E-state index contributed by atoms with van der Waals surface area (Å²) in [6.45, 7) is 9.62. The van der Waals surface area contributed by atoms with Crippen molar-refractivity contribution in [2.45, 2.75) is 45.3 Å². The number of aromatic nitrogens is 1. The van der Waals surface area contributed by atoms with Crippen molar-refractivity contribution in [3.05, 3.63) is 16.1 Å². The Morgan fingerprint density at radius 1 is 1.57 bits per heavy atom. The van der Waals surface area contributed by atoms with Crippen LogP contribution in [0.2, 0.25) is 0 Å². The Balaban J connectivity index is 1.90. The van der Waals surface area contributed by atoms with Crippen LogP contribution in [0, 0.1) is 0 Å². The second kappa shape index (κ2) is 6.85. The number of methoxy groups -OCH3 is 1. The molecule has 1 aromatic rings. The van der Waals surface area contributed by atoms with Crippen molar-refractivity contribution in [3.63, 3.8) is 0 Å². The van der Waals surface area contributed by atoms with Crippen LogP contribution in [0.15, 0.2) is 5.38 Å². The Labute approximate surface area is 130 Å². The zero-order chi connectivity index (χ0) is 15.5. The Hall–Kier alpha value is -0.980. The van der Waals surface area contributed by atoms with Crippen LogP contribution in [-0.4, -0.2) is 48.8 Å². The number of hydrogen-bond donors (Lipinski definition) is 0. The van der Waals surface area contributed by atoms with Gasteiger partial charge >= 0.3 is 5.97 Å². The summed E-state index contributed by atoms with van der Waals surface area (Å²) < 4.78 is 10.3. The van der Waals surface area contributed by atoms with E-state index in [1.165, 1.54) is 7.11 Å². The molecule has 0 amide bonds. The van der Waals surface area contributed by atoms with Crippen molar-refractivity contribution in [2.75, 3.05) is 26.8 Å². The van der Waals surface area contributed by atoms with Crippen molar-refractivity contribution < 1.29 is 14.3 Å². The molecule has 1 fully saturated rings. The van der Waals surface area contributed by atoms with E-state index in [0.29, 0.717) is 13.0 Å². The number of morpholine rings is 1. The lowest BCUT2D eigenvalue weighted by atomic mass is 9.93. The van der Waals surface area contributed by atoms with Crippen LogP contribution in [0.1, 0.15) is 37.9 Å². The van der Waals surface area contributed by atoms with E-state index in [0.717, 1.165) is 30.3 Å². The summed E-state index contributed by atoms with van der Waals surface area (Å²) in [5.41, 5.74) is 1.23. The second-order valence-electron chi connectivity index (χ2n) is 6.38. The van der Waals surface area contributed by atoms with E-state index >= 15 is 0 Å². The van der Waals surface area contributed by atoms with Crippen LogP contribution in [-0.2, 0) is 26.2 Å². The highest BCUT2D eigenvalue weighted by Gasteiger charge is 2.24. The summed E-state index contributed by atoms with van der Waals surface area (Å²) in [5.74, 6) is -0.217. The molecule has 1 aliphatic rings. The molecule has 118 valence electrons. The van der Waals surface area contributed by atoms with Gasteiger partial charge < -0.3 is 9.47 Å². The van der Waals surface area contributed by atoms with Crippen LogP contribution in [0.4, 0.5) is 0 Å². The summed E-state index contributed by atoms with van der Waals surface area (Å²) in [5, 5.41) is 3.26. The summed E-state index contributed by atoms with van der Waals surface area (Å²) in [7, 11) is 1.41. The number of rotatable bonds is 4. The maximum atomic E-state index is 11.3. The molecule has 0 saturated carbocycles. The molecule has 0 aromatic carbocycles. The van der Waals surface area contributed by atoms with Crippen molar-refractivity contribution in [1.29, 1.82) is 0 Å². The number of thiazole rings is 1. The average molecular weight is 312 g/mol. The molecule has 0 aliphatic carbocycles. The van der Waals surface area contributed by atoms with Crippen LogP contribution < -0.4 is 0 Å². The van der Waals surface area contributed by atoms with Crippen molar-refractivity contribution in [1.82, 2.24) is 9.88 Å². The highest BCUT2D eigenvalue weighted by Crippen LogP contribution is 2.25. The molecular formula is C15H24N2O3S. The molecule has 2 heterocycles. The van der Waals surface area contributed by atoms with Gasteiger partial charge in [-0.15, -0.1) is 11.3 Å². The Morgan fingerprint density at radius 3 is 2.95 bits per heavy atom. The van der Waals surface area contributed by atoms with Crippen LogP contribution in [0.3, 0.4) is 0 Å². The summed E-state index contributed by atoms with van der Waals surface area (Å²) in [6.07, 6.45) is 0.242. The first-order valence-electron chi connectivity index (χ1n) is 7.24. The van der Waals surface area contributed by atoms with Gasteiger partial charge in [0.05, 0.1) is 38.5 Å². The fourth-order valence-electron chi connectivity index (χ4n) is 2.24. The molecule has 0 bridgehead atoms. The maximum absolute atomic E-state index is 11.3. The van der Waals surface area contributed by atoms with Gasteiger partial charge in [0, 0.05) is 23.9 Å². The van der Waals surface area contributed by atoms with E-state index in [-0.39, 0.29) is 17.5 Å². The first-order valence-corrected chi connectivity index (χ1v) is 8.12. The lowest BCUT2D eigenvalue weighted by Gasteiger charge is -2.31. The molecule has 1 aromatic heterocycles. The number of ether oxygens (including phenoxy) is 2. The van der Waals surface area contributed by atoms with Crippen LogP contribution >= 0.6 is 11.3 Å². The zero-order valence-corrected chi connectivity index (χ0v) is 14.0. The quantitative estimate of drug-likeness (QED) is 0.798. The minimum Gasteiger partial charge on any atom is -0.469 e. The van der Waals surface area contributed by atoms with E-state index in [1.54, 1.807) is 11.3 Å². The predicted molar refractivity (Wildman–Crippen MR) is 82.5 cm³/mol. The number of nitrogens with zero attached hydrogens (tertiary/aromatic N) is 2. The van der Waals surface area contributed by atoms with E-state index in [1.807, 2.05) is 0 Å². The summed E-state index contributed by atoms with van der Waals surface area (Å²) >= 11 is 1.70. The SMILES string of the molecule is COC(=O)CC1CN(Cc2nc(C(C)(C)C)cs2)CCO1. The van der Waals surface area contributed by atoms with Gasteiger partial charge in [-0.3, -0.25) is 9.69 Å². The molecule has 21 heavy (non-hydrogen) atoms. The van der Waals surface area contributed by atoms with E-state index in [9.17, 15) is 4.79 Å². The van der Waals surface area contributed by atoms with Crippen LogP contribution in [0.25, 0.3) is 0 Å². The number of esters is 1. The molecule has 0 N–H and O–H groups in total. The van der Waals surface area contributed by atoms with Gasteiger partial charge in [0.1, 0.15) is 5.01 Å². The molecule has 1 aliphatic heterocycles. The van der Waals surface area contributed by atoms with Gasteiger partial charge in [-0.2, -0.15) is 0 Å². The summed E-state index contributed by atoms with van der Waals surface area (Å²) in [6, 6.07) is 0. The molecule has 5 nitrogen and oxygen atoms in total. The van der Waals surface area contributed by atoms with E-state index in [2.05, 4.69) is 31.1 Å². The third kappa shape index (κ3) is 4.76. The largest absolute Gasteiger partial charge is 0.469 e. The van der Waals surface area contributed by atoms with Gasteiger partial charge in [0.15, 0.2) is 0 Å². The minimum absolute atomic E-state index is 0.0757. The first kappa shape index (κ1) is 16.4. The van der Waals surface area contributed by atoms with Gasteiger partial charge in [-0.25, -0.2) is 4.98 Å². The lowest BCUT2D eigenvalue weighted by molar-refractivity contribution is -0.145. The molecule has 2 rings (SSSR count). The van der Waals surface area contributed by atoms with Crippen molar-refractivity contribution in [2.24, 2.45) is 0 Å². The van der Waals surface area contributed by atoms with Crippen LogP contribution in [0.5, 0.6) is 0 Å². The fourth-order valence-corrected chi connectivity index (χ4v) is 3.30. The molecule has 0 spiro atoms. The normalized spacial score (nSPS) is 20.5. The molecular weight excluding hydrogens is 288 g/mol. The van der Waals surface area contributed by atoms with E-state index < -0.39 is 0 Å². The molecule has 1 saturated heterocycles. The van der Waals surface area contributed by atoms with E-state index in [4.69, 9.17) is 14.5 Å². The Bertz CT molecular complexity index is 482. The highest BCUT2D eigenvalue weighted by atomic mass is 32.1. The van der Waals surface area contributed by atoms with Gasteiger partial charge in [0.25, 0.3) is 0 Å². The zero-order valence-electron chi connectivity index (χ0n) is 13.2. The van der Waals surface area contributed by atoms with Crippen molar-refractivity contribution >= 4 is 17.3 Å². The first-order chi connectivity index (χ1) is 9.88. The highest BCUT2D eigenvalue weighted by molar-refractivity contribution is 7.09. The van der Waals surface area contributed by atoms with Gasteiger partial charge in [0.2, 0.25) is 0 Å². The summed E-state index contributed by atoms with van der Waals surface area (Å²) in [4.78, 5) is 18.3. The molecule has 1 unspecified atom stereocenters. The average Bonchev–Trinajstić information content (AvgIpc) is 2.87. The maximum Gasteiger partial charge on any atom is 0.308 e. The Kier molecular flexibility index (Phi) is 5.35.